The second-order valence-electron chi connectivity index (χ2n) is 6.78. The number of hydrogen-bond donors (Lipinski definition) is 2. The molecule has 28 heavy (non-hydrogen) atoms. The second kappa shape index (κ2) is 7.86. The van der Waals surface area contributed by atoms with E-state index in [-0.39, 0.29) is 0 Å². The maximum Gasteiger partial charge on any atom is 0.164 e. The van der Waals surface area contributed by atoms with Gasteiger partial charge in [-0.05, 0) is 48.4 Å². The largest absolute Gasteiger partial charge is 0.399 e. The predicted molar refractivity (Wildman–Crippen MR) is 116 cm³/mol. The van der Waals surface area contributed by atoms with Crippen molar-refractivity contribution in [1.82, 2.24) is 15.0 Å². The fourth-order valence-electron chi connectivity index (χ4n) is 2.86. The van der Waals surface area contributed by atoms with Gasteiger partial charge < -0.3 is 11.1 Å². The molecule has 0 unspecified atom stereocenters. The van der Waals surface area contributed by atoms with E-state index in [1.54, 1.807) is 11.8 Å². The average Bonchev–Trinajstić information content (AvgIpc) is 2.70. The van der Waals surface area contributed by atoms with Crippen LogP contribution in [0.3, 0.4) is 0 Å². The molecule has 0 radical (unpaired) electrons. The molecule has 4 aromatic rings. The first-order valence-electron chi connectivity index (χ1n) is 9.11. The van der Waals surface area contributed by atoms with Gasteiger partial charge in [-0.2, -0.15) is 0 Å². The van der Waals surface area contributed by atoms with E-state index in [4.69, 9.17) is 5.73 Å². The number of benzene rings is 2. The summed E-state index contributed by atoms with van der Waals surface area (Å²) >= 11 is 1.68. The van der Waals surface area contributed by atoms with Gasteiger partial charge in [0.25, 0.3) is 0 Å². The molecule has 3 N–H and O–H groups in total. The van der Waals surface area contributed by atoms with Crippen molar-refractivity contribution in [3.8, 4) is 0 Å². The Kier molecular flexibility index (Phi) is 5.12. The van der Waals surface area contributed by atoms with Crippen molar-refractivity contribution >= 4 is 40.0 Å². The van der Waals surface area contributed by atoms with E-state index in [1.807, 2.05) is 48.5 Å². The summed E-state index contributed by atoms with van der Waals surface area (Å²) in [5, 5.41) is 4.31. The molecule has 0 saturated carbocycles. The molecule has 0 spiro atoms. The maximum atomic E-state index is 6.05. The van der Waals surface area contributed by atoms with Gasteiger partial charge in [-0.1, -0.05) is 43.8 Å². The van der Waals surface area contributed by atoms with Crippen LogP contribution in [0, 0.1) is 0 Å². The zero-order chi connectivity index (χ0) is 19.5. The lowest BCUT2D eigenvalue weighted by Crippen LogP contribution is -2.01. The van der Waals surface area contributed by atoms with Crippen molar-refractivity contribution in [3.63, 3.8) is 0 Å². The van der Waals surface area contributed by atoms with Crippen LogP contribution in [0.4, 0.5) is 17.2 Å². The van der Waals surface area contributed by atoms with Gasteiger partial charge in [-0.15, -0.1) is 0 Å². The third-order valence-corrected chi connectivity index (χ3v) is 5.42. The molecule has 140 valence electrons. The van der Waals surface area contributed by atoms with Crippen molar-refractivity contribution in [2.45, 2.75) is 29.6 Å². The number of nitrogens with two attached hydrogens (primary N) is 1. The van der Waals surface area contributed by atoms with Crippen LogP contribution in [0.1, 0.15) is 25.5 Å². The van der Waals surface area contributed by atoms with Crippen molar-refractivity contribution < 1.29 is 0 Å². The lowest BCUT2D eigenvalue weighted by atomic mass is 10.1. The van der Waals surface area contributed by atoms with Crippen LogP contribution in [-0.2, 0) is 0 Å². The molecule has 0 aliphatic heterocycles. The minimum Gasteiger partial charge on any atom is -0.399 e. The number of pyridine rings is 1. The Labute approximate surface area is 168 Å². The molecule has 0 fully saturated rings. The van der Waals surface area contributed by atoms with E-state index in [2.05, 4.69) is 46.2 Å². The summed E-state index contributed by atoms with van der Waals surface area (Å²) < 4.78 is 0. The summed E-state index contributed by atoms with van der Waals surface area (Å²) in [6, 6.07) is 20.2. The molecule has 0 amide bonds. The van der Waals surface area contributed by atoms with Gasteiger partial charge in [-0.25, -0.2) is 15.0 Å². The molecule has 0 bridgehead atoms. The fourth-order valence-corrected chi connectivity index (χ4v) is 3.76. The molecular formula is C22H21N5S. The first-order chi connectivity index (χ1) is 13.6. The number of nitrogens with one attached hydrogen (secondary N) is 1. The zero-order valence-electron chi connectivity index (χ0n) is 15.8. The van der Waals surface area contributed by atoms with Crippen LogP contribution in [0.25, 0.3) is 11.0 Å². The van der Waals surface area contributed by atoms with Crippen LogP contribution in [0.2, 0.25) is 0 Å². The summed E-state index contributed by atoms with van der Waals surface area (Å²) in [7, 11) is 0. The van der Waals surface area contributed by atoms with Gasteiger partial charge in [0, 0.05) is 21.2 Å². The van der Waals surface area contributed by atoms with Gasteiger partial charge >= 0.3 is 0 Å². The standard InChI is InChI=1S/C22H21N5S/c1-14(2)18-10-9-17-21(26-18)24-13-25-22(17)27-19-12-15(23)8-11-20(19)28-16-6-4-3-5-7-16/h3-14H,23H2,1-2H3,(H,24,25,26,27). The van der Waals surface area contributed by atoms with Crippen LogP contribution >= 0.6 is 11.8 Å². The highest BCUT2D eigenvalue weighted by Gasteiger charge is 2.11. The highest BCUT2D eigenvalue weighted by molar-refractivity contribution is 7.99. The number of nitrogen functional groups attached to an aromatic ring is 1. The molecule has 6 heteroatoms. The topological polar surface area (TPSA) is 76.7 Å². The van der Waals surface area contributed by atoms with Crippen molar-refractivity contribution in [1.29, 1.82) is 0 Å². The number of anilines is 3. The summed E-state index contributed by atoms with van der Waals surface area (Å²) in [4.78, 5) is 15.7. The Bertz CT molecular complexity index is 1110. The average molecular weight is 388 g/mol. The van der Waals surface area contributed by atoms with Crippen molar-refractivity contribution in [2.75, 3.05) is 11.1 Å². The molecule has 2 heterocycles. The Hall–Kier alpha value is -3.12. The Morgan fingerprint density at radius 2 is 1.79 bits per heavy atom. The van der Waals surface area contributed by atoms with E-state index >= 15 is 0 Å². The fraction of sp³-hybridized carbons (Fsp3) is 0.136. The first kappa shape index (κ1) is 18.3. The zero-order valence-corrected chi connectivity index (χ0v) is 16.6. The third kappa shape index (κ3) is 3.92. The van der Waals surface area contributed by atoms with Gasteiger partial charge in [0.1, 0.15) is 12.1 Å². The van der Waals surface area contributed by atoms with Crippen LogP contribution < -0.4 is 11.1 Å². The van der Waals surface area contributed by atoms with Crippen LogP contribution in [0.15, 0.2) is 76.8 Å². The van der Waals surface area contributed by atoms with Gasteiger partial charge in [0.15, 0.2) is 5.65 Å². The molecule has 0 aliphatic carbocycles. The van der Waals surface area contributed by atoms with Crippen LogP contribution in [0.5, 0.6) is 0 Å². The Morgan fingerprint density at radius 1 is 0.964 bits per heavy atom. The molecule has 2 aromatic heterocycles. The third-order valence-electron chi connectivity index (χ3n) is 4.34. The number of hydrogen-bond acceptors (Lipinski definition) is 6. The van der Waals surface area contributed by atoms with E-state index in [0.717, 1.165) is 26.6 Å². The van der Waals surface area contributed by atoms with Gasteiger partial charge in [0.2, 0.25) is 0 Å². The quantitative estimate of drug-likeness (QED) is 0.433. The highest BCUT2D eigenvalue weighted by Crippen LogP contribution is 2.36. The number of nitrogens with zero attached hydrogens (tertiary/aromatic N) is 3. The van der Waals surface area contributed by atoms with Gasteiger partial charge in [-0.3, -0.25) is 0 Å². The molecule has 5 nitrogen and oxygen atoms in total. The molecule has 0 aliphatic rings. The molecule has 2 aromatic carbocycles. The SMILES string of the molecule is CC(C)c1ccc2c(Nc3cc(N)ccc3Sc3ccccc3)ncnc2n1. The predicted octanol–water partition coefficient (Wildman–Crippen LogP) is 5.63. The van der Waals surface area contributed by atoms with Gasteiger partial charge in [0.05, 0.1) is 11.1 Å². The number of rotatable bonds is 5. The Balaban J connectivity index is 1.72. The second-order valence-corrected chi connectivity index (χ2v) is 7.90. The summed E-state index contributed by atoms with van der Waals surface area (Å²) in [5.41, 5.74) is 9.34. The maximum absolute atomic E-state index is 6.05. The minimum atomic E-state index is 0.346. The van der Waals surface area contributed by atoms with E-state index < -0.39 is 0 Å². The minimum absolute atomic E-state index is 0.346. The first-order valence-corrected chi connectivity index (χ1v) is 9.93. The lowest BCUT2D eigenvalue weighted by Gasteiger charge is -2.14. The number of aromatic nitrogens is 3. The summed E-state index contributed by atoms with van der Waals surface area (Å²) in [5.74, 6) is 1.06. The molecular weight excluding hydrogens is 366 g/mol. The molecule has 0 saturated heterocycles. The number of fused-ring (bicyclic) bond motifs is 1. The molecule has 4 rings (SSSR count). The smallest absolute Gasteiger partial charge is 0.164 e. The van der Waals surface area contributed by atoms with E-state index in [1.165, 1.54) is 6.33 Å². The Morgan fingerprint density at radius 3 is 2.57 bits per heavy atom. The lowest BCUT2D eigenvalue weighted by molar-refractivity contribution is 0.827. The van der Waals surface area contributed by atoms with E-state index in [0.29, 0.717) is 23.1 Å². The normalized spacial score (nSPS) is 11.1. The van der Waals surface area contributed by atoms with Crippen molar-refractivity contribution in [3.05, 3.63) is 72.7 Å². The van der Waals surface area contributed by atoms with Crippen molar-refractivity contribution in [2.24, 2.45) is 0 Å². The summed E-state index contributed by atoms with van der Waals surface area (Å²) in [6.45, 7) is 4.24. The monoisotopic (exact) mass is 387 g/mol. The summed E-state index contributed by atoms with van der Waals surface area (Å²) in [6.07, 6.45) is 1.54. The van der Waals surface area contributed by atoms with Crippen LogP contribution in [-0.4, -0.2) is 15.0 Å². The molecule has 0 atom stereocenters. The highest BCUT2D eigenvalue weighted by atomic mass is 32.2. The van der Waals surface area contributed by atoms with E-state index in [9.17, 15) is 0 Å².